The van der Waals surface area contributed by atoms with Gasteiger partial charge in [-0.2, -0.15) is 4.31 Å². The number of nitrogens with zero attached hydrogens (tertiary/aromatic N) is 2. The van der Waals surface area contributed by atoms with Crippen LogP contribution in [-0.2, 0) is 23.0 Å². The van der Waals surface area contributed by atoms with Crippen LogP contribution in [0.4, 0.5) is 0 Å². The highest BCUT2D eigenvalue weighted by atomic mass is 32.2. The fourth-order valence-electron chi connectivity index (χ4n) is 2.40. The van der Waals surface area contributed by atoms with Gasteiger partial charge in [0, 0.05) is 18.5 Å². The Hall–Kier alpha value is -1.99. The maximum absolute atomic E-state index is 12.6. The lowest BCUT2D eigenvalue weighted by Gasteiger charge is -2.25. The Morgan fingerprint density at radius 1 is 1.29 bits per heavy atom. The Morgan fingerprint density at radius 3 is 2.67 bits per heavy atom. The molecule has 7 heteroatoms. The minimum Gasteiger partial charge on any atom is -0.347 e. The lowest BCUT2D eigenvalue weighted by molar-refractivity contribution is 0.101. The number of nitrogens with one attached hydrogen (secondary N) is 1. The van der Waals surface area contributed by atoms with Gasteiger partial charge in [-0.15, -0.1) is 0 Å². The van der Waals surface area contributed by atoms with Crippen LogP contribution in [0.2, 0.25) is 0 Å². The van der Waals surface area contributed by atoms with E-state index in [4.69, 9.17) is 0 Å². The number of hydrogen-bond acceptors (Lipinski definition) is 4. The van der Waals surface area contributed by atoms with Crippen molar-refractivity contribution < 1.29 is 13.2 Å². The van der Waals surface area contributed by atoms with E-state index < -0.39 is 10.0 Å². The molecule has 110 valence electrons. The van der Waals surface area contributed by atoms with E-state index in [0.29, 0.717) is 25.1 Å². The zero-order chi connectivity index (χ0) is 15.0. The van der Waals surface area contributed by atoms with Crippen LogP contribution in [0.1, 0.15) is 28.7 Å². The molecule has 0 saturated carbocycles. The van der Waals surface area contributed by atoms with Gasteiger partial charge >= 0.3 is 0 Å². The van der Waals surface area contributed by atoms with Crippen LogP contribution in [0.15, 0.2) is 35.5 Å². The van der Waals surface area contributed by atoms with Crippen LogP contribution in [0.3, 0.4) is 0 Å². The van der Waals surface area contributed by atoms with E-state index in [1.807, 2.05) is 0 Å². The summed E-state index contributed by atoms with van der Waals surface area (Å²) >= 11 is 0. The zero-order valence-electron chi connectivity index (χ0n) is 11.5. The summed E-state index contributed by atoms with van der Waals surface area (Å²) in [5.74, 6) is -0.0842. The van der Waals surface area contributed by atoms with Crippen molar-refractivity contribution in [1.82, 2.24) is 14.3 Å². The molecule has 0 fully saturated rings. The summed E-state index contributed by atoms with van der Waals surface area (Å²) in [5, 5.41) is 0. The van der Waals surface area contributed by atoms with Gasteiger partial charge in [-0.1, -0.05) is 12.1 Å². The number of H-pyrrole nitrogens is 1. The molecule has 1 aromatic heterocycles. The Labute approximate surface area is 122 Å². The molecule has 2 aromatic rings. The highest BCUT2D eigenvalue weighted by Gasteiger charge is 2.29. The van der Waals surface area contributed by atoms with Crippen LogP contribution in [0.25, 0.3) is 0 Å². The third-order valence-corrected chi connectivity index (χ3v) is 5.50. The van der Waals surface area contributed by atoms with E-state index in [-0.39, 0.29) is 10.7 Å². The van der Waals surface area contributed by atoms with Crippen molar-refractivity contribution in [2.24, 2.45) is 0 Å². The second kappa shape index (κ2) is 5.09. The average Bonchev–Trinajstić information content (AvgIpc) is 2.94. The molecule has 0 saturated heterocycles. The summed E-state index contributed by atoms with van der Waals surface area (Å²) in [5.41, 5.74) is 2.27. The molecule has 0 amide bonds. The third kappa shape index (κ3) is 2.50. The SMILES string of the molecule is CC(=O)c1ccc(S(=O)(=O)N2CCc3nc[nH]c3C2)cc1. The number of rotatable bonds is 3. The highest BCUT2D eigenvalue weighted by molar-refractivity contribution is 7.89. The molecule has 0 spiro atoms. The van der Waals surface area contributed by atoms with Gasteiger partial charge in [0.1, 0.15) is 0 Å². The molecule has 1 aliphatic rings. The van der Waals surface area contributed by atoms with E-state index >= 15 is 0 Å². The molecular formula is C14H15N3O3S. The van der Waals surface area contributed by atoms with E-state index in [9.17, 15) is 13.2 Å². The van der Waals surface area contributed by atoms with Crippen LogP contribution < -0.4 is 0 Å². The van der Waals surface area contributed by atoms with E-state index in [2.05, 4.69) is 9.97 Å². The number of sulfonamides is 1. The fourth-order valence-corrected chi connectivity index (χ4v) is 3.81. The second-order valence-corrected chi connectivity index (χ2v) is 6.93. The van der Waals surface area contributed by atoms with E-state index in [1.54, 1.807) is 18.5 Å². The number of carbonyl (C=O) groups is 1. The second-order valence-electron chi connectivity index (χ2n) is 5.00. The fraction of sp³-hybridized carbons (Fsp3) is 0.286. The van der Waals surface area contributed by atoms with E-state index in [1.165, 1.54) is 23.4 Å². The summed E-state index contributed by atoms with van der Waals surface area (Å²) in [4.78, 5) is 18.6. The summed E-state index contributed by atoms with van der Waals surface area (Å²) in [7, 11) is -3.55. The smallest absolute Gasteiger partial charge is 0.243 e. The van der Waals surface area contributed by atoms with Gasteiger partial charge in [0.15, 0.2) is 5.78 Å². The van der Waals surface area contributed by atoms with E-state index in [0.717, 1.165) is 11.4 Å². The highest BCUT2D eigenvalue weighted by Crippen LogP contribution is 2.23. The number of Topliss-reactive ketones (excluding diaryl/α,β-unsaturated/α-hetero) is 1. The zero-order valence-corrected chi connectivity index (χ0v) is 12.4. The van der Waals surface area contributed by atoms with Gasteiger partial charge in [-0.3, -0.25) is 4.79 Å². The van der Waals surface area contributed by atoms with Crippen molar-refractivity contribution >= 4 is 15.8 Å². The lowest BCUT2D eigenvalue weighted by Crippen LogP contribution is -2.36. The first-order valence-corrected chi connectivity index (χ1v) is 8.05. The summed E-state index contributed by atoms with van der Waals surface area (Å²) < 4.78 is 26.6. The van der Waals surface area contributed by atoms with Crippen molar-refractivity contribution in [3.05, 3.63) is 47.5 Å². The molecule has 0 aliphatic carbocycles. The number of fused-ring (bicyclic) bond motifs is 1. The molecule has 6 nitrogen and oxygen atoms in total. The molecule has 0 bridgehead atoms. The molecular weight excluding hydrogens is 290 g/mol. The Morgan fingerprint density at radius 2 is 2.00 bits per heavy atom. The Bertz CT molecular complexity index is 778. The van der Waals surface area contributed by atoms with Crippen molar-refractivity contribution in [3.8, 4) is 0 Å². The first-order valence-electron chi connectivity index (χ1n) is 6.61. The van der Waals surface area contributed by atoms with Gasteiger partial charge in [-0.25, -0.2) is 13.4 Å². The maximum atomic E-state index is 12.6. The normalized spacial score (nSPS) is 15.7. The summed E-state index contributed by atoms with van der Waals surface area (Å²) in [6.07, 6.45) is 2.19. The van der Waals surface area contributed by atoms with Gasteiger partial charge in [-0.05, 0) is 19.1 Å². The maximum Gasteiger partial charge on any atom is 0.243 e. The molecule has 1 N–H and O–H groups in total. The standard InChI is InChI=1S/C14H15N3O3S/c1-10(18)11-2-4-12(5-3-11)21(19,20)17-7-6-13-14(8-17)16-9-15-13/h2-5,9H,6-8H2,1H3,(H,15,16). The van der Waals surface area contributed by atoms with Crippen molar-refractivity contribution in [2.45, 2.75) is 24.8 Å². The largest absolute Gasteiger partial charge is 0.347 e. The number of aromatic nitrogens is 2. The molecule has 3 rings (SSSR count). The molecule has 1 aromatic carbocycles. The van der Waals surface area contributed by atoms with Crippen LogP contribution in [0.5, 0.6) is 0 Å². The predicted molar refractivity (Wildman–Crippen MR) is 76.3 cm³/mol. The monoisotopic (exact) mass is 305 g/mol. The Balaban J connectivity index is 1.89. The van der Waals surface area contributed by atoms with Gasteiger partial charge in [0.25, 0.3) is 0 Å². The number of ketones is 1. The van der Waals surface area contributed by atoms with Crippen LogP contribution in [-0.4, -0.2) is 35.0 Å². The number of carbonyl (C=O) groups excluding carboxylic acids is 1. The molecule has 1 aliphatic heterocycles. The molecule has 0 unspecified atom stereocenters. The minimum absolute atomic E-state index is 0.0842. The lowest BCUT2D eigenvalue weighted by atomic mass is 10.2. The summed E-state index contributed by atoms with van der Waals surface area (Å²) in [6.45, 7) is 2.16. The summed E-state index contributed by atoms with van der Waals surface area (Å²) in [6, 6.07) is 6.05. The quantitative estimate of drug-likeness (QED) is 0.868. The van der Waals surface area contributed by atoms with Crippen LogP contribution in [0, 0.1) is 0 Å². The first kappa shape index (κ1) is 14.0. The predicted octanol–water partition coefficient (Wildman–Crippen LogP) is 1.36. The molecule has 0 atom stereocenters. The number of aromatic amines is 1. The van der Waals surface area contributed by atoms with Gasteiger partial charge in [0.2, 0.25) is 10.0 Å². The minimum atomic E-state index is -3.55. The Kier molecular flexibility index (Phi) is 3.38. The third-order valence-electron chi connectivity index (χ3n) is 3.64. The topological polar surface area (TPSA) is 83.1 Å². The number of hydrogen-bond donors (Lipinski definition) is 1. The molecule has 21 heavy (non-hydrogen) atoms. The molecule has 0 radical (unpaired) electrons. The van der Waals surface area contributed by atoms with Crippen molar-refractivity contribution in [1.29, 1.82) is 0 Å². The number of imidazole rings is 1. The van der Waals surface area contributed by atoms with Crippen LogP contribution >= 0.6 is 0 Å². The van der Waals surface area contributed by atoms with Gasteiger partial charge in [0.05, 0.1) is 29.2 Å². The first-order chi connectivity index (χ1) is 9.98. The molecule has 2 heterocycles. The average molecular weight is 305 g/mol. The van der Waals surface area contributed by atoms with Crippen molar-refractivity contribution in [2.75, 3.05) is 6.54 Å². The number of benzene rings is 1. The van der Waals surface area contributed by atoms with Crippen molar-refractivity contribution in [3.63, 3.8) is 0 Å². The van der Waals surface area contributed by atoms with Gasteiger partial charge < -0.3 is 4.98 Å².